The third kappa shape index (κ3) is 2.89. The van der Waals surface area contributed by atoms with E-state index in [0.29, 0.717) is 13.1 Å². The predicted molar refractivity (Wildman–Crippen MR) is 76.6 cm³/mol. The number of hydrogen-bond acceptors (Lipinski definition) is 3. The maximum atomic E-state index is 11.3. The molecule has 1 saturated heterocycles. The Hall–Kier alpha value is -1.55. The van der Waals surface area contributed by atoms with Crippen LogP contribution in [0.2, 0.25) is 0 Å². The molecule has 2 N–H and O–H groups in total. The zero-order chi connectivity index (χ0) is 14.0. The lowest BCUT2D eigenvalue weighted by Gasteiger charge is -2.40. The van der Waals surface area contributed by atoms with Crippen molar-refractivity contribution in [2.75, 3.05) is 24.5 Å². The van der Waals surface area contributed by atoms with E-state index >= 15 is 0 Å². The lowest BCUT2D eigenvalue weighted by Crippen LogP contribution is -2.49. The number of aryl methyl sites for hydroxylation is 1. The van der Waals surface area contributed by atoms with E-state index in [9.17, 15) is 9.90 Å². The molecule has 0 radical (unpaired) electrons. The Morgan fingerprint density at radius 1 is 1.42 bits per heavy atom. The molecule has 0 aliphatic carbocycles. The van der Waals surface area contributed by atoms with Gasteiger partial charge in [-0.2, -0.15) is 0 Å². The number of carboxylic acids is 1. The van der Waals surface area contributed by atoms with Crippen molar-refractivity contribution >= 4 is 11.7 Å². The molecular weight excluding hydrogens is 240 g/mol. The van der Waals surface area contributed by atoms with E-state index in [0.717, 1.165) is 12.2 Å². The molecule has 0 amide bonds. The van der Waals surface area contributed by atoms with Crippen molar-refractivity contribution in [2.24, 2.45) is 5.92 Å². The van der Waals surface area contributed by atoms with Crippen LogP contribution in [0.4, 0.5) is 5.69 Å². The summed E-state index contributed by atoms with van der Waals surface area (Å²) >= 11 is 0. The van der Waals surface area contributed by atoms with Gasteiger partial charge in [0.25, 0.3) is 0 Å². The number of para-hydroxylation sites is 1. The molecule has 2 rings (SSSR count). The molecule has 0 saturated carbocycles. The molecule has 4 heteroatoms. The maximum absolute atomic E-state index is 11.3. The van der Waals surface area contributed by atoms with Gasteiger partial charge in [-0.3, -0.25) is 4.79 Å². The molecule has 1 unspecified atom stereocenters. The summed E-state index contributed by atoms with van der Waals surface area (Å²) in [6.07, 6.45) is 0. The average molecular weight is 262 g/mol. The molecule has 1 aromatic rings. The summed E-state index contributed by atoms with van der Waals surface area (Å²) in [7, 11) is 0. The highest BCUT2D eigenvalue weighted by Crippen LogP contribution is 2.29. The zero-order valence-electron chi connectivity index (χ0n) is 11.8. The minimum absolute atomic E-state index is 0.101. The first-order valence-electron chi connectivity index (χ1n) is 6.68. The summed E-state index contributed by atoms with van der Waals surface area (Å²) in [5, 5.41) is 12.6. The second-order valence-electron chi connectivity index (χ2n) is 5.88. The number of nitrogens with zero attached hydrogens (tertiary/aromatic N) is 1. The molecule has 1 aliphatic rings. The molecule has 1 heterocycles. The van der Waals surface area contributed by atoms with Crippen molar-refractivity contribution in [3.8, 4) is 0 Å². The van der Waals surface area contributed by atoms with Gasteiger partial charge >= 0.3 is 5.97 Å². The monoisotopic (exact) mass is 262 g/mol. The first-order chi connectivity index (χ1) is 8.92. The van der Waals surface area contributed by atoms with Gasteiger partial charge in [-0.05, 0) is 32.4 Å². The van der Waals surface area contributed by atoms with Crippen molar-refractivity contribution in [2.45, 2.75) is 26.3 Å². The van der Waals surface area contributed by atoms with Crippen LogP contribution >= 0.6 is 0 Å². The van der Waals surface area contributed by atoms with E-state index in [2.05, 4.69) is 43.1 Å². The van der Waals surface area contributed by atoms with Crippen LogP contribution in [0.25, 0.3) is 0 Å². The van der Waals surface area contributed by atoms with Crippen molar-refractivity contribution < 1.29 is 9.90 Å². The summed E-state index contributed by atoms with van der Waals surface area (Å²) in [6.45, 7) is 8.22. The highest BCUT2D eigenvalue weighted by Gasteiger charge is 2.34. The second kappa shape index (κ2) is 5.21. The summed E-state index contributed by atoms with van der Waals surface area (Å²) < 4.78 is 0. The van der Waals surface area contributed by atoms with Crippen LogP contribution in [-0.4, -0.2) is 36.2 Å². The topological polar surface area (TPSA) is 52.6 Å². The largest absolute Gasteiger partial charge is 0.481 e. The van der Waals surface area contributed by atoms with E-state index in [1.807, 2.05) is 12.1 Å². The second-order valence-corrected chi connectivity index (χ2v) is 5.88. The molecule has 0 aromatic heterocycles. The molecule has 19 heavy (non-hydrogen) atoms. The van der Waals surface area contributed by atoms with Gasteiger partial charge in [0.2, 0.25) is 0 Å². The number of carboxylic acid groups (broad SMARTS) is 1. The van der Waals surface area contributed by atoms with Crippen LogP contribution in [0.15, 0.2) is 24.3 Å². The Labute approximate surface area is 114 Å². The number of benzene rings is 1. The van der Waals surface area contributed by atoms with Crippen molar-refractivity contribution in [3.05, 3.63) is 29.8 Å². The first-order valence-corrected chi connectivity index (χ1v) is 6.68. The molecule has 0 spiro atoms. The lowest BCUT2D eigenvalue weighted by atomic mass is 9.99. The fourth-order valence-electron chi connectivity index (χ4n) is 2.64. The molecule has 1 aromatic carbocycles. The van der Waals surface area contributed by atoms with Crippen LogP contribution < -0.4 is 10.2 Å². The Kier molecular flexibility index (Phi) is 3.80. The van der Waals surface area contributed by atoms with E-state index in [1.54, 1.807) is 0 Å². The van der Waals surface area contributed by atoms with E-state index in [1.165, 1.54) is 5.56 Å². The Morgan fingerprint density at radius 2 is 2.11 bits per heavy atom. The number of rotatable bonds is 2. The molecule has 0 bridgehead atoms. The SMILES string of the molecule is Cc1ccccc1N1CC(C(=O)O)CNCC1(C)C. The van der Waals surface area contributed by atoms with Crippen LogP contribution in [0.3, 0.4) is 0 Å². The van der Waals surface area contributed by atoms with E-state index in [-0.39, 0.29) is 11.5 Å². The molecule has 1 fully saturated rings. The standard InChI is InChI=1S/C15H22N2O2/c1-11-6-4-5-7-13(11)17-9-12(14(18)19)8-16-10-15(17,2)3/h4-7,12,16H,8-10H2,1-3H3,(H,18,19). The lowest BCUT2D eigenvalue weighted by molar-refractivity contribution is -0.141. The molecular formula is C15H22N2O2. The van der Waals surface area contributed by atoms with Gasteiger partial charge in [0, 0.05) is 30.9 Å². The average Bonchev–Trinajstić information content (AvgIpc) is 2.48. The van der Waals surface area contributed by atoms with Crippen molar-refractivity contribution in [3.63, 3.8) is 0 Å². The van der Waals surface area contributed by atoms with E-state index < -0.39 is 5.97 Å². The third-order valence-electron chi connectivity index (χ3n) is 3.84. The molecule has 1 aliphatic heterocycles. The number of anilines is 1. The molecule has 104 valence electrons. The van der Waals surface area contributed by atoms with Crippen LogP contribution in [0.1, 0.15) is 19.4 Å². The number of nitrogens with one attached hydrogen (secondary N) is 1. The van der Waals surface area contributed by atoms with Crippen molar-refractivity contribution in [1.82, 2.24) is 5.32 Å². The Balaban J connectivity index is 2.37. The minimum atomic E-state index is -0.733. The van der Waals surface area contributed by atoms with Crippen LogP contribution in [0.5, 0.6) is 0 Å². The number of hydrogen-bond donors (Lipinski definition) is 2. The van der Waals surface area contributed by atoms with Gasteiger partial charge in [0.1, 0.15) is 0 Å². The molecule has 4 nitrogen and oxygen atoms in total. The highest BCUT2D eigenvalue weighted by atomic mass is 16.4. The number of aliphatic carboxylic acids is 1. The zero-order valence-corrected chi connectivity index (χ0v) is 11.8. The van der Waals surface area contributed by atoms with Gasteiger partial charge in [-0.15, -0.1) is 0 Å². The maximum Gasteiger partial charge on any atom is 0.309 e. The highest BCUT2D eigenvalue weighted by molar-refractivity contribution is 5.72. The summed E-state index contributed by atoms with van der Waals surface area (Å²) in [5.41, 5.74) is 2.21. The Morgan fingerprint density at radius 3 is 2.74 bits per heavy atom. The predicted octanol–water partition coefficient (Wildman–Crippen LogP) is 1.88. The fraction of sp³-hybridized carbons (Fsp3) is 0.533. The minimum Gasteiger partial charge on any atom is -0.481 e. The first kappa shape index (κ1) is 13.9. The van der Waals surface area contributed by atoms with E-state index in [4.69, 9.17) is 0 Å². The van der Waals surface area contributed by atoms with Gasteiger partial charge < -0.3 is 15.3 Å². The van der Waals surface area contributed by atoms with Gasteiger partial charge in [-0.1, -0.05) is 18.2 Å². The summed E-state index contributed by atoms with van der Waals surface area (Å²) in [5.74, 6) is -1.11. The van der Waals surface area contributed by atoms with Crippen molar-refractivity contribution in [1.29, 1.82) is 0 Å². The molecule has 1 atom stereocenters. The summed E-state index contributed by atoms with van der Waals surface area (Å²) in [6, 6.07) is 8.16. The number of carbonyl (C=O) groups is 1. The third-order valence-corrected chi connectivity index (χ3v) is 3.84. The van der Waals surface area contributed by atoms with Gasteiger partial charge in [0.05, 0.1) is 5.92 Å². The summed E-state index contributed by atoms with van der Waals surface area (Å²) in [4.78, 5) is 13.5. The smallest absolute Gasteiger partial charge is 0.309 e. The Bertz CT molecular complexity index is 471. The van der Waals surface area contributed by atoms with Gasteiger partial charge in [-0.25, -0.2) is 0 Å². The van der Waals surface area contributed by atoms with Crippen LogP contribution in [0, 0.1) is 12.8 Å². The normalized spacial score (nSPS) is 22.9. The van der Waals surface area contributed by atoms with Crippen LogP contribution in [-0.2, 0) is 4.79 Å². The van der Waals surface area contributed by atoms with Gasteiger partial charge in [0.15, 0.2) is 0 Å². The quantitative estimate of drug-likeness (QED) is 0.854. The fourth-order valence-corrected chi connectivity index (χ4v) is 2.64.